The van der Waals surface area contributed by atoms with Crippen molar-refractivity contribution < 1.29 is 22.7 Å². The first-order valence-electron chi connectivity index (χ1n) is 8.97. The molecule has 0 fully saturated rings. The van der Waals surface area contributed by atoms with Crippen molar-refractivity contribution in [2.45, 2.75) is 29.8 Å². The number of ether oxygens (including phenoxy) is 1. The van der Waals surface area contributed by atoms with E-state index in [4.69, 9.17) is 22.1 Å². The molecule has 7 nitrogen and oxygen atoms in total. The second-order valence-corrected chi connectivity index (χ2v) is 9.30. The van der Waals surface area contributed by atoms with E-state index in [1.54, 1.807) is 36.4 Å². The number of nitrogens with two attached hydrogens (primary N) is 1. The van der Waals surface area contributed by atoms with E-state index in [2.05, 4.69) is 5.32 Å². The van der Waals surface area contributed by atoms with Gasteiger partial charge < -0.3 is 15.8 Å². The van der Waals surface area contributed by atoms with Gasteiger partial charge in [0.2, 0.25) is 0 Å². The smallest absolute Gasteiger partial charge is 0.328 e. The first-order valence-corrected chi connectivity index (χ1v) is 11.0. The molecule has 0 aromatic heterocycles. The number of nitrogens with one attached hydrogen (secondary N) is 1. The van der Waals surface area contributed by atoms with E-state index >= 15 is 0 Å². The molecular formula is C20H21ClN2O5S. The summed E-state index contributed by atoms with van der Waals surface area (Å²) in [6, 6.07) is 9.97. The number of sulfone groups is 1. The van der Waals surface area contributed by atoms with Gasteiger partial charge in [0.1, 0.15) is 6.04 Å². The minimum absolute atomic E-state index is 0.0253. The second kappa shape index (κ2) is 8.52. The maximum Gasteiger partial charge on any atom is 0.328 e. The number of fused-ring (bicyclic) bond motifs is 1. The molecule has 0 saturated carbocycles. The summed E-state index contributed by atoms with van der Waals surface area (Å²) in [7, 11) is -2.43. The number of carbonyl (C=O) groups excluding carboxylic acids is 2. The average molecular weight is 437 g/mol. The van der Waals surface area contributed by atoms with Crippen molar-refractivity contribution in [3.05, 3.63) is 64.2 Å². The van der Waals surface area contributed by atoms with Crippen LogP contribution in [0.1, 0.15) is 33.9 Å². The van der Waals surface area contributed by atoms with E-state index in [1.165, 1.54) is 13.2 Å². The molecule has 0 radical (unpaired) electrons. The molecule has 0 bridgehead atoms. The average Bonchev–Trinajstić information content (AvgIpc) is 2.71. The summed E-state index contributed by atoms with van der Waals surface area (Å²) in [6.45, 7) is 0. The van der Waals surface area contributed by atoms with Gasteiger partial charge in [-0.15, -0.1) is 0 Å². The van der Waals surface area contributed by atoms with Crippen LogP contribution >= 0.6 is 11.6 Å². The molecule has 2 aromatic rings. The molecule has 0 spiro atoms. The molecule has 3 rings (SSSR count). The summed E-state index contributed by atoms with van der Waals surface area (Å²) in [5.41, 5.74) is 7.19. The van der Waals surface area contributed by atoms with Crippen LogP contribution in [0.25, 0.3) is 0 Å². The van der Waals surface area contributed by atoms with Gasteiger partial charge in [0, 0.05) is 17.5 Å². The fourth-order valence-corrected chi connectivity index (χ4v) is 5.31. The molecule has 1 aliphatic rings. The number of esters is 1. The number of hydrogen-bond donors (Lipinski definition) is 2. The lowest BCUT2D eigenvalue weighted by Crippen LogP contribution is -2.43. The van der Waals surface area contributed by atoms with Gasteiger partial charge in [-0.1, -0.05) is 35.9 Å². The van der Waals surface area contributed by atoms with Crippen LogP contribution in [0, 0.1) is 0 Å². The zero-order chi connectivity index (χ0) is 21.2. The third-order valence-electron chi connectivity index (χ3n) is 4.84. The molecule has 3 N–H and O–H groups in total. The first-order chi connectivity index (χ1) is 13.7. The number of methoxy groups -OCH3 is 1. The Balaban J connectivity index is 1.92. The minimum atomic E-state index is -3.65. The molecule has 1 heterocycles. The van der Waals surface area contributed by atoms with E-state index in [0.29, 0.717) is 17.0 Å². The highest BCUT2D eigenvalue weighted by Crippen LogP contribution is 2.33. The van der Waals surface area contributed by atoms with Gasteiger partial charge in [0.25, 0.3) is 5.91 Å². The van der Waals surface area contributed by atoms with Gasteiger partial charge in [-0.25, -0.2) is 13.2 Å². The van der Waals surface area contributed by atoms with Crippen LogP contribution in [0.2, 0.25) is 5.02 Å². The summed E-state index contributed by atoms with van der Waals surface area (Å²) in [4.78, 5) is 25.1. The highest BCUT2D eigenvalue weighted by atomic mass is 35.5. The number of hydrogen-bond acceptors (Lipinski definition) is 6. The van der Waals surface area contributed by atoms with Crippen LogP contribution in [0.4, 0.5) is 0 Å². The number of carbonyl (C=O) groups is 2. The Morgan fingerprint density at radius 3 is 2.59 bits per heavy atom. The monoisotopic (exact) mass is 436 g/mol. The zero-order valence-electron chi connectivity index (χ0n) is 15.7. The summed E-state index contributed by atoms with van der Waals surface area (Å²) in [5, 5.41) is 3.14. The van der Waals surface area contributed by atoms with E-state index in [1.807, 2.05) is 0 Å². The highest BCUT2D eigenvalue weighted by molar-refractivity contribution is 7.91. The van der Waals surface area contributed by atoms with Crippen molar-refractivity contribution >= 4 is 33.3 Å². The Kier molecular flexibility index (Phi) is 6.26. The minimum Gasteiger partial charge on any atom is -0.467 e. The normalized spacial score (nSPS) is 18.4. The van der Waals surface area contributed by atoms with Crippen molar-refractivity contribution in [1.29, 1.82) is 0 Å². The molecule has 0 saturated heterocycles. The molecular weight excluding hydrogens is 416 g/mol. The fraction of sp³-hybridized carbons (Fsp3) is 0.300. The Bertz CT molecular complexity index is 1040. The molecule has 9 heteroatoms. The summed E-state index contributed by atoms with van der Waals surface area (Å²) in [6.07, 6.45) is 0.457. The van der Waals surface area contributed by atoms with E-state index in [9.17, 15) is 18.0 Å². The van der Waals surface area contributed by atoms with E-state index in [0.717, 1.165) is 5.56 Å². The lowest BCUT2D eigenvalue weighted by atomic mass is 10.0. The van der Waals surface area contributed by atoms with Crippen LogP contribution in [0.5, 0.6) is 0 Å². The summed E-state index contributed by atoms with van der Waals surface area (Å²) in [5.74, 6) is -1.45. The van der Waals surface area contributed by atoms with Crippen molar-refractivity contribution in [3.63, 3.8) is 0 Å². The molecule has 1 amide bonds. The molecule has 2 unspecified atom stereocenters. The SMILES string of the molecule is COC(=O)C(Cc1ccc(Cl)cc1)NC(=O)c1cccc2c1S(=O)(=O)CCC2N. The maximum atomic E-state index is 12.9. The molecule has 2 aromatic carbocycles. The number of rotatable bonds is 5. The van der Waals surface area contributed by atoms with E-state index < -0.39 is 33.8 Å². The number of benzene rings is 2. The van der Waals surface area contributed by atoms with Crippen LogP contribution in [-0.2, 0) is 25.8 Å². The maximum absolute atomic E-state index is 12.9. The molecule has 29 heavy (non-hydrogen) atoms. The van der Waals surface area contributed by atoms with Crippen LogP contribution in [0.3, 0.4) is 0 Å². The van der Waals surface area contributed by atoms with Crippen LogP contribution < -0.4 is 11.1 Å². The lowest BCUT2D eigenvalue weighted by Gasteiger charge is -2.25. The van der Waals surface area contributed by atoms with Crippen molar-refractivity contribution in [3.8, 4) is 0 Å². The standard InChI is InChI=1S/C20H21ClN2O5S/c1-28-20(25)17(11-12-5-7-13(21)8-6-12)23-19(24)15-4-2-3-14-16(22)9-10-29(26,27)18(14)15/h2-8,16-17H,9-11,22H2,1H3,(H,23,24). The molecule has 0 aliphatic carbocycles. The zero-order valence-corrected chi connectivity index (χ0v) is 17.3. The van der Waals surface area contributed by atoms with Gasteiger partial charge in [0.15, 0.2) is 9.84 Å². The van der Waals surface area contributed by atoms with Gasteiger partial charge in [-0.05, 0) is 35.7 Å². The molecule has 2 atom stereocenters. The van der Waals surface area contributed by atoms with Gasteiger partial charge >= 0.3 is 5.97 Å². The first kappa shape index (κ1) is 21.3. The lowest BCUT2D eigenvalue weighted by molar-refractivity contribution is -0.142. The third kappa shape index (κ3) is 4.60. The Hall–Kier alpha value is -2.42. The fourth-order valence-electron chi connectivity index (χ4n) is 3.34. The topological polar surface area (TPSA) is 116 Å². The van der Waals surface area contributed by atoms with Crippen LogP contribution in [-0.4, -0.2) is 39.2 Å². The van der Waals surface area contributed by atoms with E-state index in [-0.39, 0.29) is 22.6 Å². The third-order valence-corrected chi connectivity index (χ3v) is 6.95. The number of halogens is 1. The Labute approximate surface area is 174 Å². The van der Waals surface area contributed by atoms with Crippen molar-refractivity contribution in [1.82, 2.24) is 5.32 Å². The number of amides is 1. The Morgan fingerprint density at radius 2 is 1.93 bits per heavy atom. The molecule has 154 valence electrons. The second-order valence-electron chi connectivity index (χ2n) is 6.82. The van der Waals surface area contributed by atoms with Crippen molar-refractivity contribution in [2.75, 3.05) is 12.9 Å². The quantitative estimate of drug-likeness (QED) is 0.693. The summed E-state index contributed by atoms with van der Waals surface area (Å²) >= 11 is 5.88. The predicted molar refractivity (Wildman–Crippen MR) is 108 cm³/mol. The Morgan fingerprint density at radius 1 is 1.24 bits per heavy atom. The van der Waals surface area contributed by atoms with Crippen molar-refractivity contribution in [2.24, 2.45) is 5.73 Å². The van der Waals surface area contributed by atoms with Gasteiger partial charge in [-0.3, -0.25) is 4.79 Å². The van der Waals surface area contributed by atoms with Gasteiger partial charge in [0.05, 0.1) is 23.3 Å². The largest absolute Gasteiger partial charge is 0.467 e. The summed E-state index contributed by atoms with van der Waals surface area (Å²) < 4.78 is 30.0. The molecule has 1 aliphatic heterocycles. The van der Waals surface area contributed by atoms with Gasteiger partial charge in [-0.2, -0.15) is 0 Å². The van der Waals surface area contributed by atoms with Crippen LogP contribution in [0.15, 0.2) is 47.4 Å². The highest BCUT2D eigenvalue weighted by Gasteiger charge is 2.34. The predicted octanol–water partition coefficient (Wildman–Crippen LogP) is 2.03.